The van der Waals surface area contributed by atoms with E-state index in [2.05, 4.69) is 23.3 Å². The van der Waals surface area contributed by atoms with Crippen molar-refractivity contribution >= 4 is 5.91 Å². The van der Waals surface area contributed by atoms with E-state index < -0.39 is 0 Å². The van der Waals surface area contributed by atoms with Gasteiger partial charge in [0.05, 0.1) is 17.4 Å². The fourth-order valence-corrected chi connectivity index (χ4v) is 3.90. The number of amides is 1. The Kier molecular flexibility index (Phi) is 5.12. The summed E-state index contributed by atoms with van der Waals surface area (Å²) < 4.78 is 1.61. The van der Waals surface area contributed by atoms with Gasteiger partial charge in [0.15, 0.2) is 0 Å². The van der Waals surface area contributed by atoms with Gasteiger partial charge in [-0.15, -0.1) is 0 Å². The van der Waals surface area contributed by atoms with Gasteiger partial charge in [0.1, 0.15) is 5.75 Å². The van der Waals surface area contributed by atoms with E-state index in [0.717, 1.165) is 31.6 Å². The minimum atomic E-state index is -0.00281. The van der Waals surface area contributed by atoms with E-state index in [1.165, 1.54) is 11.1 Å². The van der Waals surface area contributed by atoms with Crippen LogP contribution in [0.1, 0.15) is 40.2 Å². The Morgan fingerprint density at radius 3 is 2.68 bits per heavy atom. The second kappa shape index (κ2) is 7.86. The van der Waals surface area contributed by atoms with Crippen molar-refractivity contribution in [3.05, 3.63) is 77.6 Å². The Balaban J connectivity index is 1.43. The Labute approximate surface area is 164 Å². The minimum Gasteiger partial charge on any atom is -0.508 e. The zero-order valence-electron chi connectivity index (χ0n) is 15.7. The van der Waals surface area contributed by atoms with Crippen LogP contribution >= 0.6 is 0 Å². The van der Waals surface area contributed by atoms with E-state index in [1.807, 2.05) is 17.0 Å². The lowest BCUT2D eigenvalue weighted by molar-refractivity contribution is 0.0713. The number of phenolic OH excluding ortho intramolecular Hbond substituents is 1. The predicted molar refractivity (Wildman–Crippen MR) is 107 cm³/mol. The molecule has 3 N–H and O–H groups in total. The summed E-state index contributed by atoms with van der Waals surface area (Å²) in [5.74, 6) is 0.608. The van der Waals surface area contributed by atoms with Gasteiger partial charge in [-0.05, 0) is 42.0 Å². The van der Waals surface area contributed by atoms with Crippen molar-refractivity contribution in [3.63, 3.8) is 0 Å². The molecule has 1 saturated heterocycles. The van der Waals surface area contributed by atoms with Crippen LogP contribution in [0.5, 0.6) is 5.75 Å². The summed E-state index contributed by atoms with van der Waals surface area (Å²) in [5, 5.41) is 13.9. The first-order chi connectivity index (χ1) is 13.7. The quantitative estimate of drug-likeness (QED) is 0.733. The van der Waals surface area contributed by atoms with Gasteiger partial charge in [-0.1, -0.05) is 30.3 Å². The van der Waals surface area contributed by atoms with Crippen LogP contribution in [0.25, 0.3) is 5.69 Å². The highest BCUT2D eigenvalue weighted by atomic mass is 16.3. The summed E-state index contributed by atoms with van der Waals surface area (Å²) in [6.07, 6.45) is 5.17. The summed E-state index contributed by atoms with van der Waals surface area (Å²) in [6, 6.07) is 15.1. The maximum absolute atomic E-state index is 12.9. The normalized spacial score (nSPS) is 15.0. The van der Waals surface area contributed by atoms with Gasteiger partial charge in [-0.3, -0.25) is 4.79 Å². The lowest BCUT2D eigenvalue weighted by atomic mass is 9.86. The van der Waals surface area contributed by atoms with Crippen molar-refractivity contribution in [2.75, 3.05) is 13.1 Å². The molecule has 1 aliphatic heterocycles. The number of hydrogen-bond donors (Lipinski definition) is 2. The van der Waals surface area contributed by atoms with Gasteiger partial charge in [0, 0.05) is 31.9 Å². The number of hydrogen-bond acceptors (Lipinski definition) is 4. The largest absolute Gasteiger partial charge is 0.508 e. The number of aromatic nitrogens is 2. The van der Waals surface area contributed by atoms with Crippen LogP contribution in [-0.4, -0.2) is 38.8 Å². The van der Waals surface area contributed by atoms with Crippen molar-refractivity contribution < 1.29 is 9.90 Å². The van der Waals surface area contributed by atoms with E-state index in [4.69, 9.17) is 5.73 Å². The monoisotopic (exact) mass is 376 g/mol. The van der Waals surface area contributed by atoms with Gasteiger partial charge in [0.25, 0.3) is 5.91 Å². The zero-order chi connectivity index (χ0) is 19.5. The van der Waals surface area contributed by atoms with Crippen LogP contribution in [0.2, 0.25) is 0 Å². The second-order valence-electron chi connectivity index (χ2n) is 7.16. The number of rotatable bonds is 4. The fourth-order valence-electron chi connectivity index (χ4n) is 3.90. The molecule has 6 heteroatoms. The molecule has 1 aromatic heterocycles. The molecular weight excluding hydrogens is 352 g/mol. The molecule has 144 valence electrons. The smallest absolute Gasteiger partial charge is 0.257 e. The van der Waals surface area contributed by atoms with Crippen molar-refractivity contribution in [3.8, 4) is 11.4 Å². The SMILES string of the molecule is NCc1ccccc1C1CCN(C(=O)c2cnn(-c3cccc(O)c3)c2)CC1. The van der Waals surface area contributed by atoms with E-state index >= 15 is 0 Å². The molecule has 0 saturated carbocycles. The fraction of sp³-hybridized carbons (Fsp3) is 0.273. The number of likely N-dealkylation sites (tertiary alicyclic amines) is 1. The topological polar surface area (TPSA) is 84.4 Å². The van der Waals surface area contributed by atoms with Crippen LogP contribution in [-0.2, 0) is 6.54 Å². The summed E-state index contributed by atoms with van der Waals surface area (Å²) in [5.41, 5.74) is 9.66. The number of carbonyl (C=O) groups is 1. The first-order valence-electron chi connectivity index (χ1n) is 9.57. The predicted octanol–water partition coefficient (Wildman–Crippen LogP) is 3.06. The summed E-state index contributed by atoms with van der Waals surface area (Å²) >= 11 is 0. The maximum atomic E-state index is 12.9. The van der Waals surface area contributed by atoms with Crippen LogP contribution in [0.3, 0.4) is 0 Å². The maximum Gasteiger partial charge on any atom is 0.257 e. The standard InChI is InChI=1S/C22H24N4O2/c23-13-17-4-1-2-7-21(17)16-8-10-25(11-9-16)22(28)18-14-24-26(15-18)19-5-3-6-20(27)12-19/h1-7,12,14-16,27H,8-11,13,23H2. The average Bonchev–Trinajstić information content (AvgIpc) is 3.24. The molecule has 1 aliphatic rings. The zero-order valence-corrected chi connectivity index (χ0v) is 15.7. The van der Waals surface area contributed by atoms with Crippen LogP contribution in [0, 0.1) is 0 Å². The van der Waals surface area contributed by atoms with Gasteiger partial charge in [0.2, 0.25) is 0 Å². The van der Waals surface area contributed by atoms with E-state index in [-0.39, 0.29) is 11.7 Å². The van der Waals surface area contributed by atoms with Gasteiger partial charge < -0.3 is 15.7 Å². The summed E-state index contributed by atoms with van der Waals surface area (Å²) in [6.45, 7) is 1.99. The third-order valence-electron chi connectivity index (χ3n) is 5.42. The molecule has 28 heavy (non-hydrogen) atoms. The van der Waals surface area contributed by atoms with Gasteiger partial charge in [-0.2, -0.15) is 5.10 Å². The molecule has 0 bridgehead atoms. The first kappa shape index (κ1) is 18.3. The number of carbonyl (C=O) groups excluding carboxylic acids is 1. The van der Waals surface area contributed by atoms with Crippen molar-refractivity contribution in [1.29, 1.82) is 0 Å². The Morgan fingerprint density at radius 2 is 1.93 bits per heavy atom. The number of piperidine rings is 1. The third kappa shape index (κ3) is 3.64. The van der Waals surface area contributed by atoms with Crippen LogP contribution in [0.4, 0.5) is 0 Å². The molecule has 0 spiro atoms. The summed E-state index contributed by atoms with van der Waals surface area (Å²) in [7, 11) is 0. The van der Waals surface area contributed by atoms with Crippen LogP contribution < -0.4 is 5.73 Å². The van der Waals surface area contributed by atoms with E-state index in [1.54, 1.807) is 35.3 Å². The molecule has 0 radical (unpaired) electrons. The average molecular weight is 376 g/mol. The van der Waals surface area contributed by atoms with E-state index in [9.17, 15) is 9.90 Å². The van der Waals surface area contributed by atoms with Gasteiger partial charge in [-0.25, -0.2) is 4.68 Å². The Hall–Kier alpha value is -3.12. The molecule has 0 atom stereocenters. The van der Waals surface area contributed by atoms with E-state index in [0.29, 0.717) is 18.0 Å². The first-order valence-corrected chi connectivity index (χ1v) is 9.57. The molecule has 2 aromatic carbocycles. The molecule has 6 nitrogen and oxygen atoms in total. The number of nitrogens with zero attached hydrogens (tertiary/aromatic N) is 3. The molecule has 1 amide bonds. The third-order valence-corrected chi connectivity index (χ3v) is 5.42. The van der Waals surface area contributed by atoms with Crippen molar-refractivity contribution in [1.82, 2.24) is 14.7 Å². The van der Waals surface area contributed by atoms with Crippen molar-refractivity contribution in [2.45, 2.75) is 25.3 Å². The highest BCUT2D eigenvalue weighted by Gasteiger charge is 2.26. The Bertz CT molecular complexity index is 974. The Morgan fingerprint density at radius 1 is 1.14 bits per heavy atom. The lowest BCUT2D eigenvalue weighted by Gasteiger charge is -2.32. The van der Waals surface area contributed by atoms with Crippen molar-refractivity contribution in [2.24, 2.45) is 5.73 Å². The number of phenols is 1. The van der Waals surface area contributed by atoms with Crippen LogP contribution in [0.15, 0.2) is 60.9 Å². The molecule has 0 unspecified atom stereocenters. The summed E-state index contributed by atoms with van der Waals surface area (Å²) in [4.78, 5) is 14.8. The molecule has 2 heterocycles. The van der Waals surface area contributed by atoms with Gasteiger partial charge >= 0.3 is 0 Å². The number of benzene rings is 2. The molecule has 0 aliphatic carbocycles. The molecule has 4 rings (SSSR count). The second-order valence-corrected chi connectivity index (χ2v) is 7.16. The molecule has 1 fully saturated rings. The number of nitrogens with two attached hydrogens (primary N) is 1. The molecule has 3 aromatic rings. The lowest BCUT2D eigenvalue weighted by Crippen LogP contribution is -2.38. The minimum absolute atomic E-state index is 0.00281. The number of aromatic hydroxyl groups is 1. The molecular formula is C22H24N4O2. The highest BCUT2D eigenvalue weighted by Crippen LogP contribution is 2.30. The highest BCUT2D eigenvalue weighted by molar-refractivity contribution is 5.93.